The van der Waals surface area contributed by atoms with E-state index in [1.54, 1.807) is 55.7 Å². The molecule has 1 amide bonds. The van der Waals surface area contributed by atoms with E-state index in [2.05, 4.69) is 0 Å². The highest BCUT2D eigenvalue weighted by Crippen LogP contribution is 2.41. The molecule has 1 N–H and O–H groups in total. The van der Waals surface area contributed by atoms with Crippen molar-refractivity contribution in [1.29, 1.82) is 0 Å². The van der Waals surface area contributed by atoms with Crippen LogP contribution in [0.2, 0.25) is 5.02 Å². The molecule has 8 heteroatoms. The monoisotopic (exact) mass is 448 g/mol. The van der Waals surface area contributed by atoms with Crippen LogP contribution in [0.15, 0.2) is 78.4 Å². The van der Waals surface area contributed by atoms with Crippen molar-refractivity contribution in [2.45, 2.75) is 0 Å². The Bertz CT molecular complexity index is 1260. The molecule has 3 aromatic rings. The van der Waals surface area contributed by atoms with Crippen molar-refractivity contribution in [3.05, 3.63) is 105 Å². The normalized spacial score (nSPS) is 14.6. The lowest BCUT2D eigenvalue weighted by atomic mass is 10.1. The summed E-state index contributed by atoms with van der Waals surface area (Å²) in [5, 5.41) is 22.2. The maximum absolute atomic E-state index is 13.4. The molecule has 0 atom stereocenters. The third-order valence-electron chi connectivity index (χ3n) is 4.97. The number of amides is 1. The number of methoxy groups -OCH3 is 1. The van der Waals surface area contributed by atoms with Gasteiger partial charge < -0.3 is 9.84 Å². The van der Waals surface area contributed by atoms with Gasteiger partial charge in [-0.25, -0.2) is 0 Å². The minimum atomic E-state index is -0.580. The standard InChI is InChI=1S/C24H17ClN2O5/c1-32-20-9-2-15(3-10-20)12-17-13-21(16-4-6-18(25)7-5-16)26(24(17)29)22-14-19(27(30)31)8-11-23(22)28/h2-14,28H,1H3/b17-12-. The number of non-ortho nitro benzene ring substituents is 1. The van der Waals surface area contributed by atoms with Gasteiger partial charge in [0, 0.05) is 22.7 Å². The van der Waals surface area contributed by atoms with Crippen LogP contribution in [0.4, 0.5) is 11.4 Å². The topological polar surface area (TPSA) is 92.9 Å². The van der Waals surface area contributed by atoms with Gasteiger partial charge in [-0.2, -0.15) is 0 Å². The number of aromatic hydroxyl groups is 1. The van der Waals surface area contributed by atoms with Crippen LogP contribution in [0.5, 0.6) is 11.5 Å². The van der Waals surface area contributed by atoms with Crippen LogP contribution in [0.1, 0.15) is 11.1 Å². The van der Waals surface area contributed by atoms with Gasteiger partial charge in [0.25, 0.3) is 11.6 Å². The molecule has 0 aliphatic carbocycles. The van der Waals surface area contributed by atoms with Crippen molar-refractivity contribution in [3.8, 4) is 11.5 Å². The second-order valence-corrected chi connectivity index (χ2v) is 7.42. The van der Waals surface area contributed by atoms with Crippen molar-refractivity contribution < 1.29 is 19.6 Å². The van der Waals surface area contributed by atoms with Gasteiger partial charge in [-0.15, -0.1) is 0 Å². The number of phenolic OH excluding ortho intramolecular Hbond substituents is 1. The van der Waals surface area contributed by atoms with E-state index in [-0.39, 0.29) is 17.1 Å². The number of carbonyl (C=O) groups is 1. The van der Waals surface area contributed by atoms with E-state index >= 15 is 0 Å². The summed E-state index contributed by atoms with van der Waals surface area (Å²) in [4.78, 5) is 25.4. The molecule has 0 radical (unpaired) electrons. The lowest BCUT2D eigenvalue weighted by molar-refractivity contribution is -0.384. The van der Waals surface area contributed by atoms with E-state index in [1.165, 1.54) is 23.1 Å². The first kappa shape index (κ1) is 21.1. The summed E-state index contributed by atoms with van der Waals surface area (Å²) in [6.07, 6.45) is 3.38. The molecule has 160 valence electrons. The third-order valence-corrected chi connectivity index (χ3v) is 5.22. The molecule has 0 saturated carbocycles. The number of ether oxygens (including phenoxy) is 1. The lowest BCUT2D eigenvalue weighted by Gasteiger charge is -2.21. The van der Waals surface area contributed by atoms with Gasteiger partial charge in [-0.1, -0.05) is 35.9 Å². The Morgan fingerprint density at radius 1 is 1.06 bits per heavy atom. The number of benzene rings is 3. The second kappa shape index (κ2) is 8.56. The molecule has 7 nitrogen and oxygen atoms in total. The summed E-state index contributed by atoms with van der Waals surface area (Å²) >= 11 is 6.01. The molecule has 0 bridgehead atoms. The predicted molar refractivity (Wildman–Crippen MR) is 123 cm³/mol. The van der Waals surface area contributed by atoms with E-state index in [1.807, 2.05) is 12.1 Å². The van der Waals surface area contributed by atoms with E-state index < -0.39 is 10.8 Å². The van der Waals surface area contributed by atoms with Gasteiger partial charge in [0.1, 0.15) is 11.5 Å². The van der Waals surface area contributed by atoms with E-state index in [4.69, 9.17) is 16.3 Å². The Labute approximate surface area is 188 Å². The summed E-state index contributed by atoms with van der Waals surface area (Å²) in [6.45, 7) is 0. The molecule has 0 aromatic heterocycles. The Balaban J connectivity index is 1.84. The van der Waals surface area contributed by atoms with Crippen molar-refractivity contribution in [2.24, 2.45) is 0 Å². The number of phenols is 1. The number of halogens is 1. The van der Waals surface area contributed by atoms with Crippen LogP contribution in [0.25, 0.3) is 11.8 Å². The van der Waals surface area contributed by atoms with E-state index in [0.717, 1.165) is 5.56 Å². The molecule has 32 heavy (non-hydrogen) atoms. The quantitative estimate of drug-likeness (QED) is 0.319. The van der Waals surface area contributed by atoms with Crippen molar-refractivity contribution in [2.75, 3.05) is 12.0 Å². The zero-order chi connectivity index (χ0) is 22.8. The minimum absolute atomic E-state index is 0.0172. The summed E-state index contributed by atoms with van der Waals surface area (Å²) in [5.41, 5.74) is 2.02. The van der Waals surface area contributed by atoms with E-state index in [0.29, 0.717) is 27.6 Å². The first-order chi connectivity index (χ1) is 15.4. The average molecular weight is 449 g/mol. The molecule has 0 saturated heterocycles. The molecular formula is C24H17ClN2O5. The molecule has 3 aromatic carbocycles. The predicted octanol–water partition coefficient (Wildman–Crippen LogP) is 5.43. The smallest absolute Gasteiger partial charge is 0.271 e. The molecule has 0 spiro atoms. The number of nitro groups is 1. The molecule has 1 aliphatic heterocycles. The highest BCUT2D eigenvalue weighted by atomic mass is 35.5. The zero-order valence-electron chi connectivity index (χ0n) is 16.9. The Kier molecular flexibility index (Phi) is 5.66. The molecule has 0 fully saturated rings. The second-order valence-electron chi connectivity index (χ2n) is 6.98. The summed E-state index contributed by atoms with van der Waals surface area (Å²) in [7, 11) is 1.57. The SMILES string of the molecule is COc1ccc(/C=C2/C=C(c3ccc(Cl)cc3)N(c3cc([N+](=O)[O-])ccc3O)C2=O)cc1. The molecule has 1 heterocycles. The molecule has 1 aliphatic rings. The van der Waals surface area contributed by atoms with Gasteiger partial charge in [-0.3, -0.25) is 19.8 Å². The van der Waals surface area contributed by atoms with Crippen LogP contribution >= 0.6 is 11.6 Å². The number of rotatable bonds is 5. The largest absolute Gasteiger partial charge is 0.506 e. The number of hydrogen-bond donors (Lipinski definition) is 1. The molecule has 0 unspecified atom stereocenters. The zero-order valence-corrected chi connectivity index (χ0v) is 17.6. The van der Waals surface area contributed by atoms with Crippen molar-refractivity contribution in [3.63, 3.8) is 0 Å². The summed E-state index contributed by atoms with van der Waals surface area (Å²) < 4.78 is 5.16. The maximum Gasteiger partial charge on any atom is 0.271 e. The van der Waals surface area contributed by atoms with Crippen LogP contribution < -0.4 is 9.64 Å². The molecule has 4 rings (SSSR count). The van der Waals surface area contributed by atoms with Crippen molar-refractivity contribution in [1.82, 2.24) is 0 Å². The highest BCUT2D eigenvalue weighted by molar-refractivity contribution is 6.30. The van der Waals surface area contributed by atoms with Gasteiger partial charge >= 0.3 is 0 Å². The maximum atomic E-state index is 13.4. The third kappa shape index (κ3) is 4.06. The number of carbonyl (C=O) groups excluding carboxylic acids is 1. The number of hydrogen-bond acceptors (Lipinski definition) is 5. The summed E-state index contributed by atoms with van der Waals surface area (Å²) in [5.74, 6) is 0.00140. The minimum Gasteiger partial charge on any atom is -0.506 e. The highest BCUT2D eigenvalue weighted by Gasteiger charge is 2.33. The number of anilines is 1. The van der Waals surface area contributed by atoms with E-state index in [9.17, 15) is 20.0 Å². The first-order valence-electron chi connectivity index (χ1n) is 9.52. The van der Waals surface area contributed by atoms with Gasteiger partial charge in [-0.05, 0) is 53.6 Å². The Morgan fingerprint density at radius 2 is 1.75 bits per heavy atom. The Hall–Kier alpha value is -4.10. The fourth-order valence-corrected chi connectivity index (χ4v) is 3.50. The Morgan fingerprint density at radius 3 is 2.38 bits per heavy atom. The van der Waals surface area contributed by atoms with Crippen LogP contribution in [-0.2, 0) is 4.79 Å². The van der Waals surface area contributed by atoms with Crippen molar-refractivity contribution >= 4 is 40.7 Å². The fraction of sp³-hybridized carbons (Fsp3) is 0.0417. The van der Waals surface area contributed by atoms with Crippen LogP contribution in [-0.4, -0.2) is 23.0 Å². The van der Waals surface area contributed by atoms with Gasteiger partial charge in [0.15, 0.2) is 0 Å². The number of nitro benzene ring substituents is 1. The summed E-state index contributed by atoms with van der Waals surface area (Å²) in [6, 6.07) is 17.6. The van der Waals surface area contributed by atoms with Gasteiger partial charge in [0.2, 0.25) is 0 Å². The first-order valence-corrected chi connectivity index (χ1v) is 9.90. The number of nitrogens with zero attached hydrogens (tertiary/aromatic N) is 2. The van der Waals surface area contributed by atoms with Crippen LogP contribution in [0, 0.1) is 10.1 Å². The fourth-order valence-electron chi connectivity index (χ4n) is 3.37. The molecular weight excluding hydrogens is 432 g/mol. The lowest BCUT2D eigenvalue weighted by Crippen LogP contribution is -2.25. The van der Waals surface area contributed by atoms with Crippen LogP contribution in [0.3, 0.4) is 0 Å². The van der Waals surface area contributed by atoms with Gasteiger partial charge in [0.05, 0.1) is 23.4 Å². The average Bonchev–Trinajstić information content (AvgIpc) is 3.10.